The van der Waals surface area contributed by atoms with Gasteiger partial charge in [-0.05, 0) is 5.92 Å². The van der Waals surface area contributed by atoms with E-state index >= 15 is 0 Å². The maximum atomic E-state index is 9.50. The monoisotopic (exact) mass is 176 g/mol. The summed E-state index contributed by atoms with van der Waals surface area (Å²) in [4.78, 5) is 0. The summed E-state index contributed by atoms with van der Waals surface area (Å²) in [6, 6.07) is 8.55. The van der Waals surface area contributed by atoms with Crippen LogP contribution in [0.3, 0.4) is 0 Å². The topological polar surface area (TPSA) is 40.5 Å². The van der Waals surface area contributed by atoms with Crippen LogP contribution in [0.15, 0.2) is 30.3 Å². The molecular formula is C11H12O2. The minimum Gasteiger partial charge on any atom is -0.352 e. The third kappa shape index (κ3) is 2.59. The van der Waals surface area contributed by atoms with Gasteiger partial charge in [0.2, 0.25) is 0 Å². The molecular weight excluding hydrogens is 164 g/mol. The smallest absolute Gasteiger partial charge is 0.256 e. The summed E-state index contributed by atoms with van der Waals surface area (Å²) in [6.07, 6.45) is 0.607. The van der Waals surface area contributed by atoms with Crippen LogP contribution in [0.1, 0.15) is 18.9 Å². The summed E-state index contributed by atoms with van der Waals surface area (Å²) < 4.78 is 0. The third-order valence-corrected chi connectivity index (χ3v) is 1.62. The molecule has 0 spiro atoms. The van der Waals surface area contributed by atoms with Crippen LogP contribution in [-0.4, -0.2) is 10.2 Å². The van der Waals surface area contributed by atoms with E-state index in [1.165, 1.54) is 0 Å². The molecule has 0 heterocycles. The fourth-order valence-electron chi connectivity index (χ4n) is 0.954. The van der Waals surface area contributed by atoms with Gasteiger partial charge in [-0.2, -0.15) is 0 Å². The zero-order valence-electron chi connectivity index (χ0n) is 7.49. The highest BCUT2D eigenvalue weighted by Gasteiger charge is 2.21. The summed E-state index contributed by atoms with van der Waals surface area (Å²) in [5, 5.41) is 19.0. The lowest BCUT2D eigenvalue weighted by Crippen LogP contribution is -2.22. The van der Waals surface area contributed by atoms with E-state index in [0.29, 0.717) is 12.0 Å². The number of aliphatic hydroxyl groups is 2. The van der Waals surface area contributed by atoms with Crippen molar-refractivity contribution in [3.63, 3.8) is 0 Å². The van der Waals surface area contributed by atoms with E-state index in [2.05, 4.69) is 11.8 Å². The molecule has 1 aromatic carbocycles. The molecule has 0 aromatic heterocycles. The summed E-state index contributed by atoms with van der Waals surface area (Å²) in [5.74, 6) is 3.01. The Labute approximate surface area is 77.8 Å². The standard InChI is InChI=1S/C11H12O2/c1-2-3-9-11(12,13)10-7-5-4-6-8-10/h4-8,12-13H,2H2,1H3. The molecule has 2 heteroatoms. The molecule has 0 aliphatic carbocycles. The number of hydrogen-bond acceptors (Lipinski definition) is 2. The highest BCUT2D eigenvalue weighted by Crippen LogP contribution is 2.15. The van der Waals surface area contributed by atoms with Crippen molar-refractivity contribution in [2.24, 2.45) is 0 Å². The lowest BCUT2D eigenvalue weighted by molar-refractivity contribution is -0.116. The molecule has 0 saturated carbocycles. The average molecular weight is 176 g/mol. The van der Waals surface area contributed by atoms with E-state index in [1.54, 1.807) is 24.3 Å². The first kappa shape index (κ1) is 9.79. The van der Waals surface area contributed by atoms with Crippen molar-refractivity contribution in [3.8, 4) is 11.8 Å². The second-order valence-electron chi connectivity index (χ2n) is 2.69. The van der Waals surface area contributed by atoms with Crippen LogP contribution in [-0.2, 0) is 5.79 Å². The van der Waals surface area contributed by atoms with Gasteiger partial charge in [0.05, 0.1) is 0 Å². The van der Waals surface area contributed by atoms with Gasteiger partial charge in [0, 0.05) is 12.0 Å². The van der Waals surface area contributed by atoms with Crippen LogP contribution in [0.4, 0.5) is 0 Å². The van der Waals surface area contributed by atoms with E-state index in [4.69, 9.17) is 0 Å². The molecule has 0 amide bonds. The Balaban J connectivity index is 2.94. The molecule has 0 aliphatic heterocycles. The quantitative estimate of drug-likeness (QED) is 0.499. The Kier molecular flexibility index (Phi) is 3.07. The van der Waals surface area contributed by atoms with Gasteiger partial charge in [0.25, 0.3) is 5.79 Å². The first-order valence-corrected chi connectivity index (χ1v) is 4.17. The second-order valence-corrected chi connectivity index (χ2v) is 2.69. The van der Waals surface area contributed by atoms with Gasteiger partial charge >= 0.3 is 0 Å². The molecule has 0 unspecified atom stereocenters. The van der Waals surface area contributed by atoms with Gasteiger partial charge in [-0.15, -0.1) is 0 Å². The van der Waals surface area contributed by atoms with Crippen LogP contribution < -0.4 is 0 Å². The van der Waals surface area contributed by atoms with Crippen LogP contribution >= 0.6 is 0 Å². The van der Waals surface area contributed by atoms with Gasteiger partial charge in [-0.25, -0.2) is 0 Å². The predicted octanol–water partition coefficient (Wildman–Crippen LogP) is 1.24. The third-order valence-electron chi connectivity index (χ3n) is 1.62. The predicted molar refractivity (Wildman–Crippen MR) is 50.6 cm³/mol. The molecule has 13 heavy (non-hydrogen) atoms. The highest BCUT2D eigenvalue weighted by atomic mass is 16.5. The first-order valence-electron chi connectivity index (χ1n) is 4.17. The van der Waals surface area contributed by atoms with E-state index in [1.807, 2.05) is 13.0 Å². The molecule has 0 saturated heterocycles. The molecule has 68 valence electrons. The number of benzene rings is 1. The van der Waals surface area contributed by atoms with Crippen molar-refractivity contribution < 1.29 is 10.2 Å². The molecule has 1 aromatic rings. The Bertz CT molecular complexity index is 317. The van der Waals surface area contributed by atoms with Gasteiger partial charge in [-0.3, -0.25) is 0 Å². The Morgan fingerprint density at radius 2 is 1.85 bits per heavy atom. The van der Waals surface area contributed by atoms with E-state index in [0.717, 1.165) is 0 Å². The van der Waals surface area contributed by atoms with Crippen molar-refractivity contribution >= 4 is 0 Å². The van der Waals surface area contributed by atoms with Gasteiger partial charge in [0.15, 0.2) is 0 Å². The van der Waals surface area contributed by atoms with Crippen molar-refractivity contribution in [2.75, 3.05) is 0 Å². The van der Waals surface area contributed by atoms with E-state index in [-0.39, 0.29) is 0 Å². The van der Waals surface area contributed by atoms with Crippen molar-refractivity contribution in [2.45, 2.75) is 19.1 Å². The maximum absolute atomic E-state index is 9.50. The Hall–Kier alpha value is -1.30. The van der Waals surface area contributed by atoms with Gasteiger partial charge in [-0.1, -0.05) is 43.2 Å². The van der Waals surface area contributed by atoms with Gasteiger partial charge in [0.1, 0.15) is 0 Å². The molecule has 0 fully saturated rings. The van der Waals surface area contributed by atoms with Crippen molar-refractivity contribution in [1.82, 2.24) is 0 Å². The SMILES string of the molecule is CCC#CC(O)(O)c1ccccc1. The van der Waals surface area contributed by atoms with Gasteiger partial charge < -0.3 is 10.2 Å². The first-order chi connectivity index (χ1) is 6.17. The maximum Gasteiger partial charge on any atom is 0.256 e. The Morgan fingerprint density at radius 1 is 1.23 bits per heavy atom. The molecule has 2 nitrogen and oxygen atoms in total. The minimum absolute atomic E-state index is 0.399. The van der Waals surface area contributed by atoms with Crippen LogP contribution in [0.2, 0.25) is 0 Å². The summed E-state index contributed by atoms with van der Waals surface area (Å²) in [6.45, 7) is 1.86. The zero-order chi connectivity index (χ0) is 9.73. The highest BCUT2D eigenvalue weighted by molar-refractivity contribution is 5.27. The Morgan fingerprint density at radius 3 is 2.38 bits per heavy atom. The lowest BCUT2D eigenvalue weighted by Gasteiger charge is -2.14. The summed E-state index contributed by atoms with van der Waals surface area (Å²) in [7, 11) is 0. The van der Waals surface area contributed by atoms with Crippen molar-refractivity contribution in [1.29, 1.82) is 0 Å². The average Bonchev–Trinajstić information content (AvgIpc) is 2.16. The van der Waals surface area contributed by atoms with Crippen LogP contribution in [0, 0.1) is 11.8 Å². The lowest BCUT2D eigenvalue weighted by atomic mass is 10.1. The van der Waals surface area contributed by atoms with E-state index in [9.17, 15) is 10.2 Å². The number of rotatable bonds is 1. The fourth-order valence-corrected chi connectivity index (χ4v) is 0.954. The normalized spacial score (nSPS) is 10.4. The largest absolute Gasteiger partial charge is 0.352 e. The summed E-state index contributed by atoms with van der Waals surface area (Å²) >= 11 is 0. The number of hydrogen-bond donors (Lipinski definition) is 2. The van der Waals surface area contributed by atoms with Crippen molar-refractivity contribution in [3.05, 3.63) is 35.9 Å². The van der Waals surface area contributed by atoms with E-state index < -0.39 is 5.79 Å². The zero-order valence-corrected chi connectivity index (χ0v) is 7.49. The molecule has 0 aliphatic rings. The fraction of sp³-hybridized carbons (Fsp3) is 0.273. The summed E-state index contributed by atoms with van der Waals surface area (Å²) in [5.41, 5.74) is 0.399. The molecule has 0 atom stereocenters. The van der Waals surface area contributed by atoms with Crippen LogP contribution in [0.25, 0.3) is 0 Å². The molecule has 0 bridgehead atoms. The minimum atomic E-state index is -2.02. The molecule has 1 rings (SSSR count). The second kappa shape index (κ2) is 4.08. The van der Waals surface area contributed by atoms with Crippen LogP contribution in [0.5, 0.6) is 0 Å². The molecule has 0 radical (unpaired) electrons. The molecule has 2 N–H and O–H groups in total.